The quantitative estimate of drug-likeness (QED) is 0.527. The maximum absolute atomic E-state index is 12.1. The SMILES string of the molecule is CC(C)NC(=O)NC[C@H]1O[C@@H](CC(=O)N2CCCC2)[C@H](O)[C@@H]1O. The molecule has 23 heavy (non-hydrogen) atoms. The van der Waals surface area contributed by atoms with E-state index in [-0.39, 0.29) is 30.9 Å². The van der Waals surface area contributed by atoms with Crippen LogP contribution in [-0.4, -0.2) is 77.1 Å². The maximum Gasteiger partial charge on any atom is 0.315 e. The van der Waals surface area contributed by atoms with Crippen molar-refractivity contribution >= 4 is 11.9 Å². The minimum atomic E-state index is -1.12. The van der Waals surface area contributed by atoms with E-state index in [9.17, 15) is 19.8 Å². The number of nitrogens with zero attached hydrogens (tertiary/aromatic N) is 1. The van der Waals surface area contributed by atoms with Crippen molar-refractivity contribution in [1.82, 2.24) is 15.5 Å². The predicted molar refractivity (Wildman–Crippen MR) is 82.8 cm³/mol. The van der Waals surface area contributed by atoms with E-state index < -0.39 is 24.4 Å². The molecule has 0 aromatic carbocycles. The molecule has 2 saturated heterocycles. The third-order valence-electron chi connectivity index (χ3n) is 4.18. The number of carbonyl (C=O) groups is 2. The smallest absolute Gasteiger partial charge is 0.315 e. The molecule has 8 heteroatoms. The van der Waals surface area contributed by atoms with Gasteiger partial charge in [-0.05, 0) is 26.7 Å². The van der Waals surface area contributed by atoms with Crippen LogP contribution < -0.4 is 10.6 Å². The summed E-state index contributed by atoms with van der Waals surface area (Å²) < 4.78 is 5.58. The second kappa shape index (κ2) is 7.94. The second-order valence-corrected chi connectivity index (χ2v) is 6.50. The van der Waals surface area contributed by atoms with Gasteiger partial charge in [-0.25, -0.2) is 4.79 Å². The summed E-state index contributed by atoms with van der Waals surface area (Å²) >= 11 is 0. The average Bonchev–Trinajstić information content (AvgIpc) is 3.09. The Morgan fingerprint density at radius 1 is 1.17 bits per heavy atom. The molecule has 0 radical (unpaired) electrons. The molecule has 0 spiro atoms. The van der Waals surface area contributed by atoms with E-state index in [0.29, 0.717) is 0 Å². The molecule has 0 aromatic heterocycles. The average molecular weight is 329 g/mol. The largest absolute Gasteiger partial charge is 0.388 e. The van der Waals surface area contributed by atoms with Gasteiger partial charge in [0, 0.05) is 25.7 Å². The Kier molecular flexibility index (Phi) is 6.20. The van der Waals surface area contributed by atoms with Gasteiger partial charge >= 0.3 is 6.03 Å². The van der Waals surface area contributed by atoms with Crippen LogP contribution >= 0.6 is 0 Å². The van der Waals surface area contributed by atoms with Crippen LogP contribution in [0.15, 0.2) is 0 Å². The molecule has 2 aliphatic rings. The van der Waals surface area contributed by atoms with Gasteiger partial charge in [0.1, 0.15) is 18.3 Å². The number of hydrogen-bond acceptors (Lipinski definition) is 5. The summed E-state index contributed by atoms with van der Waals surface area (Å²) in [5.74, 6) is -0.0649. The zero-order chi connectivity index (χ0) is 17.0. The third kappa shape index (κ3) is 4.79. The van der Waals surface area contributed by atoms with E-state index in [0.717, 1.165) is 25.9 Å². The topological polar surface area (TPSA) is 111 Å². The summed E-state index contributed by atoms with van der Waals surface area (Å²) in [6.45, 7) is 5.23. The minimum Gasteiger partial charge on any atom is -0.388 e. The van der Waals surface area contributed by atoms with Gasteiger partial charge in [-0.15, -0.1) is 0 Å². The summed E-state index contributed by atoms with van der Waals surface area (Å²) in [7, 11) is 0. The first-order chi connectivity index (χ1) is 10.9. The minimum absolute atomic E-state index is 0.000779. The number of amides is 3. The van der Waals surface area contributed by atoms with Gasteiger partial charge in [0.05, 0.1) is 12.5 Å². The van der Waals surface area contributed by atoms with E-state index in [2.05, 4.69) is 10.6 Å². The number of ether oxygens (including phenoxy) is 1. The van der Waals surface area contributed by atoms with Crippen molar-refractivity contribution in [3.05, 3.63) is 0 Å². The van der Waals surface area contributed by atoms with Crippen molar-refractivity contribution in [2.75, 3.05) is 19.6 Å². The second-order valence-electron chi connectivity index (χ2n) is 6.50. The number of hydrogen-bond donors (Lipinski definition) is 4. The molecule has 0 bridgehead atoms. The van der Waals surface area contributed by atoms with Crippen LogP contribution in [0.2, 0.25) is 0 Å². The van der Waals surface area contributed by atoms with E-state index >= 15 is 0 Å². The van der Waals surface area contributed by atoms with Crippen LogP contribution in [0.1, 0.15) is 33.1 Å². The predicted octanol–water partition coefficient (Wildman–Crippen LogP) is -0.804. The molecule has 0 unspecified atom stereocenters. The Balaban J connectivity index is 1.80. The number of aliphatic hydroxyl groups excluding tert-OH is 2. The summed E-state index contributed by atoms with van der Waals surface area (Å²) in [4.78, 5) is 25.4. The van der Waals surface area contributed by atoms with E-state index in [1.807, 2.05) is 13.8 Å². The molecule has 4 N–H and O–H groups in total. The third-order valence-corrected chi connectivity index (χ3v) is 4.18. The number of carbonyl (C=O) groups excluding carboxylic acids is 2. The van der Waals surface area contributed by atoms with Gasteiger partial charge < -0.3 is 30.5 Å². The summed E-state index contributed by atoms with van der Waals surface area (Å²) in [5.41, 5.74) is 0. The lowest BCUT2D eigenvalue weighted by atomic mass is 10.1. The van der Waals surface area contributed by atoms with Gasteiger partial charge in [0.15, 0.2) is 0 Å². The van der Waals surface area contributed by atoms with Gasteiger partial charge in [-0.2, -0.15) is 0 Å². The summed E-state index contributed by atoms with van der Waals surface area (Å²) in [6.07, 6.45) is -1.66. The number of rotatable bonds is 5. The lowest BCUT2D eigenvalue weighted by Crippen LogP contribution is -2.45. The van der Waals surface area contributed by atoms with E-state index in [1.165, 1.54) is 0 Å². The Morgan fingerprint density at radius 3 is 2.39 bits per heavy atom. The van der Waals surface area contributed by atoms with Crippen molar-refractivity contribution in [3.8, 4) is 0 Å². The zero-order valence-electron chi connectivity index (χ0n) is 13.7. The van der Waals surface area contributed by atoms with Crippen molar-refractivity contribution < 1.29 is 24.5 Å². The van der Waals surface area contributed by atoms with Gasteiger partial charge in [-0.3, -0.25) is 4.79 Å². The highest BCUT2D eigenvalue weighted by atomic mass is 16.5. The number of likely N-dealkylation sites (tertiary alicyclic amines) is 1. The van der Waals surface area contributed by atoms with Crippen LogP contribution in [0.3, 0.4) is 0 Å². The molecule has 0 aliphatic carbocycles. The Labute approximate surface area is 136 Å². The highest BCUT2D eigenvalue weighted by Crippen LogP contribution is 2.24. The highest BCUT2D eigenvalue weighted by molar-refractivity contribution is 5.77. The molecule has 132 valence electrons. The molecule has 2 fully saturated rings. The van der Waals surface area contributed by atoms with Crippen LogP contribution in [0.5, 0.6) is 0 Å². The van der Waals surface area contributed by atoms with Gasteiger partial charge in [-0.1, -0.05) is 0 Å². The maximum atomic E-state index is 12.1. The first kappa shape index (κ1) is 18.0. The first-order valence-corrected chi connectivity index (χ1v) is 8.22. The molecule has 8 nitrogen and oxygen atoms in total. The van der Waals surface area contributed by atoms with Crippen LogP contribution in [-0.2, 0) is 9.53 Å². The highest BCUT2D eigenvalue weighted by Gasteiger charge is 2.43. The fourth-order valence-electron chi connectivity index (χ4n) is 2.94. The van der Waals surface area contributed by atoms with Crippen molar-refractivity contribution in [2.24, 2.45) is 0 Å². The summed E-state index contributed by atoms with van der Waals surface area (Å²) in [5, 5.41) is 25.3. The normalized spacial score (nSPS) is 30.7. The Morgan fingerprint density at radius 2 is 1.78 bits per heavy atom. The van der Waals surface area contributed by atoms with Gasteiger partial charge in [0.25, 0.3) is 0 Å². The molecule has 3 amide bonds. The van der Waals surface area contributed by atoms with Crippen molar-refractivity contribution in [3.63, 3.8) is 0 Å². The molecular weight excluding hydrogens is 302 g/mol. The van der Waals surface area contributed by atoms with Crippen LogP contribution in [0.4, 0.5) is 4.79 Å². The summed E-state index contributed by atoms with van der Waals surface area (Å²) in [6, 6.07) is -0.359. The number of aliphatic hydroxyl groups is 2. The monoisotopic (exact) mass is 329 g/mol. The molecule has 2 aliphatic heterocycles. The fraction of sp³-hybridized carbons (Fsp3) is 0.867. The molecule has 0 aromatic rings. The van der Waals surface area contributed by atoms with Crippen molar-refractivity contribution in [2.45, 2.75) is 63.6 Å². The molecule has 2 rings (SSSR count). The molecular formula is C15H27N3O5. The van der Waals surface area contributed by atoms with Gasteiger partial charge in [0.2, 0.25) is 5.91 Å². The Hall–Kier alpha value is -1.38. The number of urea groups is 1. The molecule has 0 saturated carbocycles. The van der Waals surface area contributed by atoms with Crippen molar-refractivity contribution in [1.29, 1.82) is 0 Å². The Bertz CT molecular complexity index is 425. The van der Waals surface area contributed by atoms with E-state index in [4.69, 9.17) is 4.74 Å². The zero-order valence-corrected chi connectivity index (χ0v) is 13.7. The van der Waals surface area contributed by atoms with Crippen LogP contribution in [0, 0.1) is 0 Å². The lowest BCUT2D eigenvalue weighted by Gasteiger charge is -2.19. The van der Waals surface area contributed by atoms with Crippen LogP contribution in [0.25, 0.3) is 0 Å². The fourth-order valence-corrected chi connectivity index (χ4v) is 2.94. The lowest BCUT2D eigenvalue weighted by molar-refractivity contribution is -0.134. The molecule has 4 atom stereocenters. The number of nitrogens with one attached hydrogen (secondary N) is 2. The first-order valence-electron chi connectivity index (χ1n) is 8.22. The van der Waals surface area contributed by atoms with E-state index in [1.54, 1.807) is 4.90 Å². The standard InChI is InChI=1S/C15H27N3O5/c1-9(2)17-15(22)16-8-11-14(21)13(20)10(23-11)7-12(19)18-5-3-4-6-18/h9-11,13-14,20-21H,3-8H2,1-2H3,(H2,16,17,22)/t10-,11+,13-,14+/m0/s1. The molecule has 2 heterocycles.